The number of hydrazone groups is 1. The summed E-state index contributed by atoms with van der Waals surface area (Å²) in [6, 6.07) is 0. The second-order valence-corrected chi connectivity index (χ2v) is 5.47. The standard InChI is InChI=1S/C14H27N3O/c1-4-6-13-12(7-5-9-15)14(18)17(16-13)10-8-11(2)3/h11-12H,4-10,15H2,1-3H3. The summed E-state index contributed by atoms with van der Waals surface area (Å²) >= 11 is 0. The zero-order valence-corrected chi connectivity index (χ0v) is 12.0. The van der Waals surface area contributed by atoms with Crippen LogP contribution in [0.3, 0.4) is 0 Å². The molecule has 4 nitrogen and oxygen atoms in total. The molecule has 1 heterocycles. The van der Waals surface area contributed by atoms with E-state index in [1.165, 1.54) is 0 Å². The predicted molar refractivity (Wildman–Crippen MR) is 75.3 cm³/mol. The topological polar surface area (TPSA) is 58.7 Å². The summed E-state index contributed by atoms with van der Waals surface area (Å²) < 4.78 is 0. The van der Waals surface area contributed by atoms with Gasteiger partial charge in [-0.15, -0.1) is 0 Å². The largest absolute Gasteiger partial charge is 0.330 e. The van der Waals surface area contributed by atoms with Crippen LogP contribution in [0.4, 0.5) is 0 Å². The molecule has 0 aromatic rings. The van der Waals surface area contributed by atoms with E-state index in [2.05, 4.69) is 25.9 Å². The summed E-state index contributed by atoms with van der Waals surface area (Å²) in [7, 11) is 0. The van der Waals surface area contributed by atoms with Crippen LogP contribution in [0.2, 0.25) is 0 Å². The number of carbonyl (C=O) groups is 1. The highest BCUT2D eigenvalue weighted by molar-refractivity contribution is 6.07. The molecular formula is C14H27N3O. The second kappa shape index (κ2) is 7.52. The molecule has 0 saturated carbocycles. The molecule has 1 unspecified atom stereocenters. The van der Waals surface area contributed by atoms with Crippen molar-refractivity contribution in [1.82, 2.24) is 5.01 Å². The number of rotatable bonds is 8. The Balaban J connectivity index is 2.62. The molecule has 1 aliphatic heterocycles. The monoisotopic (exact) mass is 253 g/mol. The molecule has 0 aromatic carbocycles. The Bertz CT molecular complexity index is 299. The van der Waals surface area contributed by atoms with Gasteiger partial charge in [-0.05, 0) is 38.1 Å². The maximum Gasteiger partial charge on any atom is 0.251 e. The summed E-state index contributed by atoms with van der Waals surface area (Å²) in [5, 5.41) is 6.21. The molecule has 104 valence electrons. The minimum Gasteiger partial charge on any atom is -0.330 e. The van der Waals surface area contributed by atoms with E-state index in [4.69, 9.17) is 5.73 Å². The lowest BCUT2D eigenvalue weighted by Gasteiger charge is -2.15. The van der Waals surface area contributed by atoms with E-state index in [1.54, 1.807) is 5.01 Å². The fourth-order valence-electron chi connectivity index (χ4n) is 2.23. The minimum absolute atomic E-state index is 0.000613. The first-order chi connectivity index (χ1) is 8.60. The minimum atomic E-state index is 0.000613. The lowest BCUT2D eigenvalue weighted by molar-refractivity contribution is -0.132. The van der Waals surface area contributed by atoms with Crippen LogP contribution in [0.15, 0.2) is 5.10 Å². The third-order valence-electron chi connectivity index (χ3n) is 3.33. The van der Waals surface area contributed by atoms with Crippen LogP contribution in [0.25, 0.3) is 0 Å². The molecule has 0 bridgehead atoms. The van der Waals surface area contributed by atoms with Crippen molar-refractivity contribution in [3.63, 3.8) is 0 Å². The van der Waals surface area contributed by atoms with Crippen molar-refractivity contribution in [2.45, 2.75) is 52.9 Å². The van der Waals surface area contributed by atoms with Gasteiger partial charge in [0.05, 0.1) is 11.6 Å². The number of carbonyl (C=O) groups excluding carboxylic acids is 1. The average Bonchev–Trinajstić information content (AvgIpc) is 2.61. The average molecular weight is 253 g/mol. The van der Waals surface area contributed by atoms with Gasteiger partial charge in [0.25, 0.3) is 5.91 Å². The number of nitrogens with zero attached hydrogens (tertiary/aromatic N) is 2. The lowest BCUT2D eigenvalue weighted by Crippen LogP contribution is -2.29. The van der Waals surface area contributed by atoms with Gasteiger partial charge in [0.15, 0.2) is 0 Å². The highest BCUT2D eigenvalue weighted by Gasteiger charge is 2.34. The second-order valence-electron chi connectivity index (χ2n) is 5.47. The molecule has 0 radical (unpaired) electrons. The summed E-state index contributed by atoms with van der Waals surface area (Å²) in [4.78, 5) is 12.3. The Kier molecular flexibility index (Phi) is 6.33. The Hall–Kier alpha value is -0.900. The van der Waals surface area contributed by atoms with Crippen LogP contribution in [0.1, 0.15) is 52.9 Å². The first kappa shape index (κ1) is 15.2. The fraction of sp³-hybridized carbons (Fsp3) is 0.857. The number of nitrogens with two attached hydrogens (primary N) is 1. The van der Waals surface area contributed by atoms with E-state index in [0.29, 0.717) is 12.5 Å². The lowest BCUT2D eigenvalue weighted by atomic mass is 9.94. The number of amides is 1. The van der Waals surface area contributed by atoms with Crippen molar-refractivity contribution in [3.8, 4) is 0 Å². The Morgan fingerprint density at radius 2 is 2.17 bits per heavy atom. The van der Waals surface area contributed by atoms with E-state index >= 15 is 0 Å². The van der Waals surface area contributed by atoms with Gasteiger partial charge < -0.3 is 5.73 Å². The van der Waals surface area contributed by atoms with E-state index < -0.39 is 0 Å². The molecule has 1 atom stereocenters. The Morgan fingerprint density at radius 3 is 2.72 bits per heavy atom. The molecule has 0 saturated heterocycles. The highest BCUT2D eigenvalue weighted by atomic mass is 16.2. The van der Waals surface area contributed by atoms with Gasteiger partial charge in [-0.3, -0.25) is 4.79 Å². The zero-order chi connectivity index (χ0) is 13.5. The van der Waals surface area contributed by atoms with Gasteiger partial charge in [0.1, 0.15) is 0 Å². The summed E-state index contributed by atoms with van der Waals surface area (Å²) in [5.74, 6) is 0.791. The Morgan fingerprint density at radius 1 is 1.44 bits per heavy atom. The third kappa shape index (κ3) is 4.09. The third-order valence-corrected chi connectivity index (χ3v) is 3.33. The van der Waals surface area contributed by atoms with Crippen molar-refractivity contribution in [2.24, 2.45) is 22.7 Å². The van der Waals surface area contributed by atoms with Crippen LogP contribution in [-0.4, -0.2) is 29.7 Å². The zero-order valence-electron chi connectivity index (χ0n) is 12.0. The maximum absolute atomic E-state index is 12.3. The first-order valence-electron chi connectivity index (χ1n) is 7.19. The van der Waals surface area contributed by atoms with Gasteiger partial charge >= 0.3 is 0 Å². The Labute approximate surface area is 111 Å². The molecule has 1 rings (SSSR count). The van der Waals surface area contributed by atoms with Crippen molar-refractivity contribution < 1.29 is 4.79 Å². The summed E-state index contributed by atoms with van der Waals surface area (Å²) in [5.41, 5.74) is 6.61. The molecule has 1 aliphatic rings. The van der Waals surface area contributed by atoms with E-state index in [1.807, 2.05) is 0 Å². The van der Waals surface area contributed by atoms with Gasteiger partial charge in [0, 0.05) is 6.54 Å². The highest BCUT2D eigenvalue weighted by Crippen LogP contribution is 2.23. The predicted octanol–water partition coefficient (Wildman–Crippen LogP) is 2.39. The molecule has 0 spiro atoms. The van der Waals surface area contributed by atoms with Crippen molar-refractivity contribution in [1.29, 1.82) is 0 Å². The molecule has 0 aliphatic carbocycles. The van der Waals surface area contributed by atoms with Gasteiger partial charge in [-0.25, -0.2) is 5.01 Å². The van der Waals surface area contributed by atoms with Crippen molar-refractivity contribution >= 4 is 11.6 Å². The van der Waals surface area contributed by atoms with Crippen molar-refractivity contribution in [3.05, 3.63) is 0 Å². The molecule has 1 amide bonds. The number of hydrogen-bond acceptors (Lipinski definition) is 3. The van der Waals surface area contributed by atoms with E-state index in [-0.39, 0.29) is 11.8 Å². The van der Waals surface area contributed by atoms with Crippen LogP contribution < -0.4 is 5.73 Å². The smallest absolute Gasteiger partial charge is 0.251 e. The van der Waals surface area contributed by atoms with Gasteiger partial charge in [0.2, 0.25) is 0 Å². The van der Waals surface area contributed by atoms with Crippen molar-refractivity contribution in [2.75, 3.05) is 13.1 Å². The van der Waals surface area contributed by atoms with Gasteiger partial charge in [-0.2, -0.15) is 5.10 Å². The van der Waals surface area contributed by atoms with Gasteiger partial charge in [-0.1, -0.05) is 27.2 Å². The van der Waals surface area contributed by atoms with E-state index in [9.17, 15) is 4.79 Å². The fourth-order valence-corrected chi connectivity index (χ4v) is 2.23. The summed E-state index contributed by atoms with van der Waals surface area (Å²) in [6.07, 6.45) is 4.74. The van der Waals surface area contributed by atoms with Crippen LogP contribution >= 0.6 is 0 Å². The first-order valence-corrected chi connectivity index (χ1v) is 7.19. The quantitative estimate of drug-likeness (QED) is 0.722. The summed E-state index contributed by atoms with van der Waals surface area (Å²) in [6.45, 7) is 7.87. The normalized spacial score (nSPS) is 19.8. The van der Waals surface area contributed by atoms with E-state index in [0.717, 1.165) is 44.4 Å². The molecule has 2 N–H and O–H groups in total. The molecule has 0 aromatic heterocycles. The maximum atomic E-state index is 12.3. The molecular weight excluding hydrogens is 226 g/mol. The van der Waals surface area contributed by atoms with Crippen LogP contribution in [0, 0.1) is 11.8 Å². The van der Waals surface area contributed by atoms with Crippen LogP contribution in [-0.2, 0) is 4.79 Å². The number of hydrogen-bond donors (Lipinski definition) is 1. The van der Waals surface area contributed by atoms with Crippen LogP contribution in [0.5, 0.6) is 0 Å². The SMILES string of the molecule is CCCC1=NN(CCC(C)C)C(=O)C1CCCN. The molecule has 0 fully saturated rings. The molecule has 4 heteroatoms. The molecule has 18 heavy (non-hydrogen) atoms.